The molecule has 0 aliphatic rings. The third-order valence-corrected chi connectivity index (χ3v) is 4.70. The summed E-state index contributed by atoms with van der Waals surface area (Å²) in [4.78, 5) is 27.6. The zero-order valence-corrected chi connectivity index (χ0v) is 15.0. The standard InChI is InChI=1S/C20H16ClN3O3/c21-16-6-2-1-4-14(16)12-24-18-10-13(7-8-17(18)23-20(24)26)19(25)22-11-15-5-3-9-27-15/h1-10H,11-12H2,(H,22,25)(H,23,26). The van der Waals surface area contributed by atoms with Crippen molar-refractivity contribution in [1.29, 1.82) is 0 Å². The van der Waals surface area contributed by atoms with E-state index in [-0.39, 0.29) is 11.6 Å². The van der Waals surface area contributed by atoms with Crippen LogP contribution in [0.15, 0.2) is 70.1 Å². The second kappa shape index (κ2) is 7.17. The summed E-state index contributed by atoms with van der Waals surface area (Å²) in [7, 11) is 0. The molecule has 0 fully saturated rings. The number of benzene rings is 2. The van der Waals surface area contributed by atoms with E-state index >= 15 is 0 Å². The van der Waals surface area contributed by atoms with E-state index in [1.54, 1.807) is 47.2 Å². The fraction of sp³-hybridized carbons (Fsp3) is 0.100. The highest BCUT2D eigenvalue weighted by molar-refractivity contribution is 6.31. The zero-order chi connectivity index (χ0) is 18.8. The van der Waals surface area contributed by atoms with Gasteiger partial charge in [0.05, 0.1) is 30.4 Å². The topological polar surface area (TPSA) is 80.0 Å². The molecule has 27 heavy (non-hydrogen) atoms. The van der Waals surface area contributed by atoms with Gasteiger partial charge in [0.1, 0.15) is 5.76 Å². The third kappa shape index (κ3) is 3.52. The van der Waals surface area contributed by atoms with Gasteiger partial charge in [-0.1, -0.05) is 29.8 Å². The van der Waals surface area contributed by atoms with Crippen LogP contribution in [0.2, 0.25) is 5.02 Å². The summed E-state index contributed by atoms with van der Waals surface area (Å²) >= 11 is 6.22. The number of halogens is 1. The van der Waals surface area contributed by atoms with Crippen molar-refractivity contribution in [2.45, 2.75) is 13.1 Å². The molecule has 1 amide bonds. The zero-order valence-electron chi connectivity index (χ0n) is 14.2. The van der Waals surface area contributed by atoms with Gasteiger partial charge in [-0.05, 0) is 42.0 Å². The lowest BCUT2D eigenvalue weighted by atomic mass is 10.1. The number of H-pyrrole nitrogens is 1. The van der Waals surface area contributed by atoms with Gasteiger partial charge in [-0.2, -0.15) is 0 Å². The van der Waals surface area contributed by atoms with Crippen LogP contribution in [0, 0.1) is 0 Å². The summed E-state index contributed by atoms with van der Waals surface area (Å²) in [5.74, 6) is 0.424. The minimum atomic E-state index is -0.252. The summed E-state index contributed by atoms with van der Waals surface area (Å²) in [6, 6.07) is 16.0. The van der Waals surface area contributed by atoms with E-state index in [0.29, 0.717) is 40.5 Å². The van der Waals surface area contributed by atoms with Crippen molar-refractivity contribution in [3.8, 4) is 0 Å². The van der Waals surface area contributed by atoms with Crippen LogP contribution < -0.4 is 11.0 Å². The quantitative estimate of drug-likeness (QED) is 0.554. The summed E-state index contributed by atoms with van der Waals surface area (Å²) in [5.41, 5.74) is 2.34. The Labute approximate surface area is 159 Å². The van der Waals surface area contributed by atoms with E-state index in [2.05, 4.69) is 10.3 Å². The first-order valence-electron chi connectivity index (χ1n) is 8.38. The van der Waals surface area contributed by atoms with Gasteiger partial charge in [-0.15, -0.1) is 0 Å². The number of carbonyl (C=O) groups is 1. The molecule has 0 saturated heterocycles. The maximum absolute atomic E-state index is 12.4. The Bertz CT molecular complexity index is 1160. The molecule has 2 N–H and O–H groups in total. The molecule has 0 spiro atoms. The van der Waals surface area contributed by atoms with Gasteiger partial charge in [0, 0.05) is 10.6 Å². The molecule has 0 aliphatic carbocycles. The summed E-state index contributed by atoms with van der Waals surface area (Å²) in [5, 5.41) is 3.39. The number of aromatic nitrogens is 2. The third-order valence-electron chi connectivity index (χ3n) is 4.33. The molecule has 0 bridgehead atoms. The summed E-state index contributed by atoms with van der Waals surface area (Å²) < 4.78 is 6.78. The molecule has 0 aliphatic heterocycles. The van der Waals surface area contributed by atoms with Gasteiger partial charge in [0.2, 0.25) is 0 Å². The van der Waals surface area contributed by atoms with Crippen LogP contribution in [0.25, 0.3) is 11.0 Å². The Hall–Kier alpha value is -3.25. The minimum Gasteiger partial charge on any atom is -0.467 e. The minimum absolute atomic E-state index is 0.244. The van der Waals surface area contributed by atoms with E-state index in [1.807, 2.05) is 18.2 Å². The van der Waals surface area contributed by atoms with Crippen LogP contribution in [0.1, 0.15) is 21.7 Å². The Morgan fingerprint density at radius 3 is 2.78 bits per heavy atom. The Morgan fingerprint density at radius 2 is 2.00 bits per heavy atom. The second-order valence-electron chi connectivity index (χ2n) is 6.10. The van der Waals surface area contributed by atoms with Crippen LogP contribution >= 0.6 is 11.6 Å². The first kappa shape index (κ1) is 17.2. The largest absolute Gasteiger partial charge is 0.467 e. The van der Waals surface area contributed by atoms with Crippen LogP contribution in [-0.4, -0.2) is 15.5 Å². The summed E-state index contributed by atoms with van der Waals surface area (Å²) in [6.07, 6.45) is 1.56. The van der Waals surface area contributed by atoms with E-state index in [0.717, 1.165) is 5.56 Å². The van der Waals surface area contributed by atoms with Crippen LogP contribution in [0.5, 0.6) is 0 Å². The predicted octanol–water partition coefficient (Wildman–Crippen LogP) is 3.55. The van der Waals surface area contributed by atoms with Crippen molar-refractivity contribution >= 4 is 28.5 Å². The van der Waals surface area contributed by atoms with Crippen LogP contribution in [0.4, 0.5) is 0 Å². The monoisotopic (exact) mass is 381 g/mol. The maximum Gasteiger partial charge on any atom is 0.326 e. The van der Waals surface area contributed by atoms with Crippen molar-refractivity contribution in [1.82, 2.24) is 14.9 Å². The van der Waals surface area contributed by atoms with Gasteiger partial charge in [-0.25, -0.2) is 4.79 Å². The molecular weight excluding hydrogens is 366 g/mol. The average Bonchev–Trinajstić information content (AvgIpc) is 3.29. The lowest BCUT2D eigenvalue weighted by Gasteiger charge is -2.07. The van der Waals surface area contributed by atoms with Gasteiger partial charge >= 0.3 is 5.69 Å². The number of nitrogens with zero attached hydrogens (tertiary/aromatic N) is 1. The fourth-order valence-electron chi connectivity index (χ4n) is 2.93. The van der Waals surface area contributed by atoms with Crippen molar-refractivity contribution in [3.05, 3.63) is 93.3 Å². The number of rotatable bonds is 5. The second-order valence-corrected chi connectivity index (χ2v) is 6.51. The first-order chi connectivity index (χ1) is 13.1. The van der Waals surface area contributed by atoms with Crippen molar-refractivity contribution in [2.75, 3.05) is 0 Å². The Kier molecular flexibility index (Phi) is 4.56. The van der Waals surface area contributed by atoms with Crippen LogP contribution in [0.3, 0.4) is 0 Å². The molecule has 4 aromatic rings. The van der Waals surface area contributed by atoms with Gasteiger partial charge in [-0.3, -0.25) is 9.36 Å². The molecule has 0 saturated carbocycles. The normalized spacial score (nSPS) is 11.0. The highest BCUT2D eigenvalue weighted by atomic mass is 35.5. The number of hydrogen-bond donors (Lipinski definition) is 2. The first-order valence-corrected chi connectivity index (χ1v) is 8.76. The fourth-order valence-corrected chi connectivity index (χ4v) is 3.13. The number of carbonyl (C=O) groups excluding carboxylic acids is 1. The maximum atomic E-state index is 12.4. The van der Waals surface area contributed by atoms with E-state index in [4.69, 9.17) is 16.0 Å². The number of amides is 1. The number of furan rings is 1. The van der Waals surface area contributed by atoms with Crippen LogP contribution in [-0.2, 0) is 13.1 Å². The molecule has 4 rings (SSSR count). The number of nitrogens with one attached hydrogen (secondary N) is 2. The highest BCUT2D eigenvalue weighted by Gasteiger charge is 2.13. The van der Waals surface area contributed by atoms with Gasteiger partial charge < -0.3 is 14.7 Å². The van der Waals surface area contributed by atoms with Crippen molar-refractivity contribution in [3.63, 3.8) is 0 Å². The number of hydrogen-bond acceptors (Lipinski definition) is 3. The molecule has 136 valence electrons. The van der Waals surface area contributed by atoms with E-state index in [9.17, 15) is 9.59 Å². The van der Waals surface area contributed by atoms with E-state index < -0.39 is 0 Å². The smallest absolute Gasteiger partial charge is 0.326 e. The lowest BCUT2D eigenvalue weighted by Crippen LogP contribution is -2.22. The number of imidazole rings is 1. The van der Waals surface area contributed by atoms with Gasteiger partial charge in [0.15, 0.2) is 0 Å². The molecule has 6 nitrogen and oxygen atoms in total. The molecule has 0 atom stereocenters. The number of fused-ring (bicyclic) bond motifs is 1. The predicted molar refractivity (Wildman–Crippen MR) is 103 cm³/mol. The van der Waals surface area contributed by atoms with Crippen molar-refractivity contribution in [2.24, 2.45) is 0 Å². The Balaban J connectivity index is 1.64. The van der Waals surface area contributed by atoms with E-state index in [1.165, 1.54) is 0 Å². The molecule has 2 heterocycles. The SMILES string of the molecule is O=C(NCc1ccco1)c1ccc2[nH]c(=O)n(Cc3ccccc3Cl)c2c1. The highest BCUT2D eigenvalue weighted by Crippen LogP contribution is 2.19. The molecule has 2 aromatic carbocycles. The average molecular weight is 382 g/mol. The summed E-state index contributed by atoms with van der Waals surface area (Å²) in [6.45, 7) is 0.611. The van der Waals surface area contributed by atoms with Crippen molar-refractivity contribution < 1.29 is 9.21 Å². The Morgan fingerprint density at radius 1 is 1.15 bits per heavy atom. The molecule has 0 unspecified atom stereocenters. The lowest BCUT2D eigenvalue weighted by molar-refractivity contribution is 0.0948. The molecular formula is C20H16ClN3O3. The molecule has 7 heteroatoms. The number of aromatic amines is 1. The van der Waals surface area contributed by atoms with Gasteiger partial charge in [0.25, 0.3) is 5.91 Å². The molecule has 2 aromatic heterocycles. The molecule has 0 radical (unpaired) electrons.